The summed E-state index contributed by atoms with van der Waals surface area (Å²) in [5, 5.41) is 1.18. The van der Waals surface area contributed by atoms with Gasteiger partial charge in [-0.05, 0) is 42.1 Å². The Kier molecular flexibility index (Phi) is 4.97. The predicted octanol–water partition coefficient (Wildman–Crippen LogP) is 4.03. The van der Waals surface area contributed by atoms with Crippen LogP contribution in [0.5, 0.6) is 5.75 Å². The highest BCUT2D eigenvalue weighted by molar-refractivity contribution is 5.90. The molecule has 2 aliphatic heterocycles. The maximum absolute atomic E-state index is 12.9. The molecular formula is C20H27ClN2O3. The van der Waals surface area contributed by atoms with Crippen molar-refractivity contribution in [3.8, 4) is 5.75 Å². The van der Waals surface area contributed by atoms with E-state index in [0.29, 0.717) is 12.5 Å². The van der Waals surface area contributed by atoms with E-state index < -0.39 is 0 Å². The highest BCUT2D eigenvalue weighted by atomic mass is 35.5. The molecule has 1 saturated heterocycles. The SMILES string of the molecule is COc1ccc2[nH]c3c(c2c1)C1CCN(C1)C3C(=O)OCC(C)(C)C.Cl. The number of benzene rings is 1. The lowest BCUT2D eigenvalue weighted by molar-refractivity contribution is -0.153. The van der Waals surface area contributed by atoms with Gasteiger partial charge in [0.2, 0.25) is 0 Å². The molecule has 3 unspecified atom stereocenters. The number of aromatic amines is 1. The fourth-order valence-electron chi connectivity index (χ4n) is 4.07. The van der Waals surface area contributed by atoms with E-state index in [1.54, 1.807) is 7.11 Å². The molecule has 2 aliphatic rings. The molecule has 26 heavy (non-hydrogen) atoms. The molecule has 1 N–H and O–H groups in total. The first kappa shape index (κ1) is 19.1. The van der Waals surface area contributed by atoms with Crippen molar-refractivity contribution in [1.29, 1.82) is 0 Å². The molecule has 1 aromatic carbocycles. The Morgan fingerprint density at radius 1 is 1.35 bits per heavy atom. The number of carbonyl (C=O) groups is 1. The number of hydrogen-bond acceptors (Lipinski definition) is 4. The van der Waals surface area contributed by atoms with Crippen molar-refractivity contribution in [3.05, 3.63) is 29.5 Å². The summed E-state index contributed by atoms with van der Waals surface area (Å²) in [4.78, 5) is 18.6. The summed E-state index contributed by atoms with van der Waals surface area (Å²) >= 11 is 0. The molecule has 0 spiro atoms. The molecule has 0 radical (unpaired) electrons. The third-order valence-corrected chi connectivity index (χ3v) is 5.21. The maximum atomic E-state index is 12.9. The molecule has 142 valence electrons. The predicted molar refractivity (Wildman–Crippen MR) is 104 cm³/mol. The van der Waals surface area contributed by atoms with Crippen LogP contribution < -0.4 is 4.74 Å². The largest absolute Gasteiger partial charge is 0.497 e. The minimum absolute atomic E-state index is 0. The van der Waals surface area contributed by atoms with Crippen LogP contribution in [0.4, 0.5) is 0 Å². The van der Waals surface area contributed by atoms with Crippen LogP contribution in [0.25, 0.3) is 10.9 Å². The lowest BCUT2D eigenvalue weighted by Crippen LogP contribution is -2.38. The number of rotatable bonds is 3. The molecule has 2 aromatic rings. The van der Waals surface area contributed by atoms with Crippen LogP contribution in [0.1, 0.15) is 50.4 Å². The van der Waals surface area contributed by atoms with Crippen molar-refractivity contribution in [2.75, 3.05) is 26.8 Å². The monoisotopic (exact) mass is 378 g/mol. The van der Waals surface area contributed by atoms with E-state index in [1.807, 2.05) is 12.1 Å². The molecule has 2 bridgehead atoms. The van der Waals surface area contributed by atoms with Crippen molar-refractivity contribution < 1.29 is 14.3 Å². The van der Waals surface area contributed by atoms with E-state index in [0.717, 1.165) is 36.5 Å². The van der Waals surface area contributed by atoms with Gasteiger partial charge in [-0.2, -0.15) is 0 Å². The fraction of sp³-hybridized carbons (Fsp3) is 0.550. The number of nitrogens with zero attached hydrogens (tertiary/aromatic N) is 1. The molecule has 0 amide bonds. The third-order valence-electron chi connectivity index (χ3n) is 5.21. The van der Waals surface area contributed by atoms with Crippen molar-refractivity contribution in [2.24, 2.45) is 5.41 Å². The van der Waals surface area contributed by atoms with Crippen LogP contribution >= 0.6 is 12.4 Å². The van der Waals surface area contributed by atoms with Crippen molar-refractivity contribution in [1.82, 2.24) is 9.88 Å². The number of ether oxygens (including phenoxy) is 2. The van der Waals surface area contributed by atoms with E-state index in [1.165, 1.54) is 10.9 Å². The van der Waals surface area contributed by atoms with Crippen molar-refractivity contribution >= 4 is 29.3 Å². The molecule has 3 heterocycles. The van der Waals surface area contributed by atoms with Gasteiger partial charge in [-0.1, -0.05) is 20.8 Å². The Morgan fingerprint density at radius 2 is 2.12 bits per heavy atom. The number of halogens is 1. The standard InChI is InChI=1S/C20H26N2O3.ClH/c1-20(2,3)11-25-19(23)18-17-16(12-7-8-22(18)10-12)14-9-13(24-4)5-6-15(14)21-17;/h5-6,9,12,18,21H,7-8,10-11H2,1-4H3;1H. The minimum atomic E-state index is -0.325. The molecule has 0 aliphatic carbocycles. The minimum Gasteiger partial charge on any atom is -0.497 e. The zero-order valence-corrected chi connectivity index (χ0v) is 16.6. The first-order valence-corrected chi connectivity index (χ1v) is 8.97. The van der Waals surface area contributed by atoms with Gasteiger partial charge in [0.25, 0.3) is 0 Å². The Hall–Kier alpha value is -1.72. The van der Waals surface area contributed by atoms with E-state index >= 15 is 0 Å². The highest BCUT2D eigenvalue weighted by Crippen LogP contribution is 2.46. The summed E-state index contributed by atoms with van der Waals surface area (Å²) in [5.74, 6) is 1.18. The average Bonchev–Trinajstić information content (AvgIpc) is 3.14. The van der Waals surface area contributed by atoms with Crippen LogP contribution in [0.2, 0.25) is 0 Å². The molecule has 5 nitrogen and oxygen atoms in total. The summed E-state index contributed by atoms with van der Waals surface area (Å²) in [5.41, 5.74) is 3.32. The third kappa shape index (κ3) is 3.19. The number of hydrogen-bond donors (Lipinski definition) is 1. The van der Waals surface area contributed by atoms with Gasteiger partial charge in [-0.3, -0.25) is 4.90 Å². The summed E-state index contributed by atoms with van der Waals surface area (Å²) in [6.45, 7) is 8.53. The number of nitrogens with one attached hydrogen (secondary N) is 1. The lowest BCUT2D eigenvalue weighted by atomic mass is 9.90. The summed E-state index contributed by atoms with van der Waals surface area (Å²) < 4.78 is 11.1. The summed E-state index contributed by atoms with van der Waals surface area (Å²) in [6, 6.07) is 5.74. The number of H-pyrrole nitrogens is 1. The second-order valence-electron chi connectivity index (χ2n) is 8.42. The molecule has 4 rings (SSSR count). The summed E-state index contributed by atoms with van der Waals surface area (Å²) in [6.07, 6.45) is 1.08. The number of esters is 1. The fourth-order valence-corrected chi connectivity index (χ4v) is 4.07. The number of aromatic nitrogens is 1. The van der Waals surface area contributed by atoms with E-state index in [9.17, 15) is 4.79 Å². The van der Waals surface area contributed by atoms with Crippen LogP contribution in [-0.2, 0) is 9.53 Å². The Bertz CT molecular complexity index is 824. The van der Waals surface area contributed by atoms with Crippen LogP contribution in [-0.4, -0.2) is 42.7 Å². The van der Waals surface area contributed by atoms with Crippen LogP contribution in [0.15, 0.2) is 18.2 Å². The molecule has 3 atom stereocenters. The van der Waals surface area contributed by atoms with E-state index in [2.05, 4.69) is 36.7 Å². The van der Waals surface area contributed by atoms with Gasteiger partial charge in [0.05, 0.1) is 13.7 Å². The lowest BCUT2D eigenvalue weighted by Gasteiger charge is -2.31. The number of methoxy groups -OCH3 is 1. The van der Waals surface area contributed by atoms with E-state index in [4.69, 9.17) is 9.47 Å². The summed E-state index contributed by atoms with van der Waals surface area (Å²) in [7, 11) is 1.68. The quantitative estimate of drug-likeness (QED) is 0.819. The second kappa shape index (κ2) is 6.78. The van der Waals surface area contributed by atoms with Crippen molar-refractivity contribution in [2.45, 2.75) is 39.2 Å². The van der Waals surface area contributed by atoms with Gasteiger partial charge >= 0.3 is 5.97 Å². The van der Waals surface area contributed by atoms with Gasteiger partial charge in [0.1, 0.15) is 11.8 Å². The Labute approximate surface area is 160 Å². The van der Waals surface area contributed by atoms with Gasteiger partial charge in [0.15, 0.2) is 0 Å². The molecular weight excluding hydrogens is 352 g/mol. The highest BCUT2D eigenvalue weighted by Gasteiger charge is 2.44. The maximum Gasteiger partial charge on any atom is 0.329 e. The normalized spacial score (nSPS) is 24.1. The molecule has 6 heteroatoms. The first-order chi connectivity index (χ1) is 11.9. The first-order valence-electron chi connectivity index (χ1n) is 8.97. The van der Waals surface area contributed by atoms with Gasteiger partial charge in [-0.15, -0.1) is 12.4 Å². The molecule has 1 fully saturated rings. The molecule has 1 aromatic heterocycles. The zero-order valence-electron chi connectivity index (χ0n) is 15.8. The smallest absolute Gasteiger partial charge is 0.329 e. The Morgan fingerprint density at radius 3 is 2.81 bits per heavy atom. The number of fused-ring (bicyclic) bond motifs is 6. The van der Waals surface area contributed by atoms with Gasteiger partial charge in [-0.25, -0.2) is 4.79 Å². The average molecular weight is 379 g/mol. The van der Waals surface area contributed by atoms with Crippen LogP contribution in [0, 0.1) is 5.41 Å². The van der Waals surface area contributed by atoms with E-state index in [-0.39, 0.29) is 29.8 Å². The second-order valence-corrected chi connectivity index (χ2v) is 8.42. The van der Waals surface area contributed by atoms with Gasteiger partial charge in [0, 0.05) is 29.1 Å². The topological polar surface area (TPSA) is 54.6 Å². The molecule has 0 saturated carbocycles. The van der Waals surface area contributed by atoms with Crippen LogP contribution in [0.3, 0.4) is 0 Å². The Balaban J connectivity index is 0.00000196. The zero-order chi connectivity index (χ0) is 17.8. The number of carbonyl (C=O) groups excluding carboxylic acids is 1. The van der Waals surface area contributed by atoms with Gasteiger partial charge < -0.3 is 14.5 Å². The van der Waals surface area contributed by atoms with Crippen molar-refractivity contribution in [3.63, 3.8) is 0 Å².